The minimum atomic E-state index is -0.193. The van der Waals surface area contributed by atoms with E-state index in [4.69, 9.17) is 0 Å². The Morgan fingerprint density at radius 3 is 2.23 bits per heavy atom. The maximum atomic E-state index is 13.2. The van der Waals surface area contributed by atoms with E-state index in [1.165, 1.54) is 0 Å². The van der Waals surface area contributed by atoms with Crippen LogP contribution in [0.3, 0.4) is 0 Å². The smallest absolute Gasteiger partial charge is 0.124 e. The Balaban J connectivity index is 3.11. The van der Waals surface area contributed by atoms with E-state index in [9.17, 15) is 4.39 Å². The van der Waals surface area contributed by atoms with E-state index in [0.29, 0.717) is 5.92 Å². The molecule has 0 aliphatic carbocycles. The van der Waals surface area contributed by atoms with Crippen molar-refractivity contribution in [3.63, 3.8) is 0 Å². The lowest BCUT2D eigenvalue weighted by atomic mass is 10.0. The highest BCUT2D eigenvalue weighted by Gasteiger charge is 2.04. The Morgan fingerprint density at radius 2 is 1.77 bits per heavy atom. The van der Waals surface area contributed by atoms with Crippen LogP contribution in [0.2, 0.25) is 0 Å². The standard InChI is InChI=1S/C11H17FS/c1-8(2)9-5-10(12)7-11(6-9)13(3)4/h5-8,13H,1-4H3. The SMILES string of the molecule is CC(C)c1cc(F)cc([SH](C)C)c1. The van der Waals surface area contributed by atoms with Crippen LogP contribution in [-0.2, 0) is 0 Å². The molecule has 0 spiro atoms. The molecule has 0 N–H and O–H groups in total. The molecule has 0 fully saturated rings. The fourth-order valence-corrected chi connectivity index (χ4v) is 1.98. The molecule has 0 bridgehead atoms. The molecule has 0 radical (unpaired) electrons. The number of hydrogen-bond donors (Lipinski definition) is 1. The predicted octanol–water partition coefficient (Wildman–Crippen LogP) is 3.57. The summed E-state index contributed by atoms with van der Waals surface area (Å²) in [6, 6.07) is 5.41. The van der Waals surface area contributed by atoms with Crippen LogP contribution in [-0.4, -0.2) is 12.5 Å². The van der Waals surface area contributed by atoms with Crippen molar-refractivity contribution in [1.29, 1.82) is 0 Å². The molecule has 0 aromatic heterocycles. The van der Waals surface area contributed by atoms with E-state index in [-0.39, 0.29) is 16.7 Å². The first-order chi connectivity index (χ1) is 6.00. The second-order valence-corrected chi connectivity index (χ2v) is 6.10. The fraction of sp³-hybridized carbons (Fsp3) is 0.455. The Bertz CT molecular complexity index is 266. The van der Waals surface area contributed by atoms with Crippen molar-refractivity contribution < 1.29 is 4.39 Å². The zero-order chi connectivity index (χ0) is 10.0. The van der Waals surface area contributed by atoms with Gasteiger partial charge in [0.15, 0.2) is 0 Å². The van der Waals surface area contributed by atoms with Crippen molar-refractivity contribution in [2.45, 2.75) is 24.7 Å². The van der Waals surface area contributed by atoms with Gasteiger partial charge in [-0.25, -0.2) is 15.3 Å². The third-order valence-corrected chi connectivity index (χ3v) is 3.38. The van der Waals surface area contributed by atoms with Crippen LogP contribution in [0.4, 0.5) is 4.39 Å². The topological polar surface area (TPSA) is 0 Å². The van der Waals surface area contributed by atoms with E-state index >= 15 is 0 Å². The molecule has 13 heavy (non-hydrogen) atoms. The third kappa shape index (κ3) is 2.73. The first kappa shape index (κ1) is 10.6. The van der Waals surface area contributed by atoms with Crippen LogP contribution in [0, 0.1) is 5.82 Å². The van der Waals surface area contributed by atoms with Crippen LogP contribution in [0.15, 0.2) is 23.1 Å². The van der Waals surface area contributed by atoms with Crippen LogP contribution in [0.25, 0.3) is 0 Å². The largest absolute Gasteiger partial charge is 0.233 e. The van der Waals surface area contributed by atoms with Gasteiger partial charge < -0.3 is 0 Å². The van der Waals surface area contributed by atoms with E-state index in [0.717, 1.165) is 10.5 Å². The lowest BCUT2D eigenvalue weighted by molar-refractivity contribution is 0.619. The van der Waals surface area contributed by atoms with Crippen LogP contribution in [0.5, 0.6) is 0 Å². The number of thiol groups is 1. The van der Waals surface area contributed by atoms with Gasteiger partial charge in [0.25, 0.3) is 0 Å². The van der Waals surface area contributed by atoms with Gasteiger partial charge >= 0.3 is 0 Å². The molecule has 2 heteroatoms. The summed E-state index contributed by atoms with van der Waals surface area (Å²) in [6.07, 6.45) is 4.29. The van der Waals surface area contributed by atoms with E-state index in [2.05, 4.69) is 32.4 Å². The quantitative estimate of drug-likeness (QED) is 0.693. The molecule has 0 unspecified atom stereocenters. The minimum Gasteiger partial charge on any atom is -0.233 e. The van der Waals surface area contributed by atoms with Crippen LogP contribution in [0.1, 0.15) is 25.3 Å². The maximum Gasteiger partial charge on any atom is 0.124 e. The monoisotopic (exact) mass is 200 g/mol. The van der Waals surface area contributed by atoms with Gasteiger partial charge in [0.05, 0.1) is 0 Å². The molecule has 1 aromatic carbocycles. The number of rotatable bonds is 2. The molecule has 0 saturated carbocycles. The van der Waals surface area contributed by atoms with Crippen molar-refractivity contribution in [1.82, 2.24) is 0 Å². The first-order valence-corrected chi connectivity index (χ1v) is 6.72. The second kappa shape index (κ2) is 4.14. The molecule has 0 aliphatic rings. The van der Waals surface area contributed by atoms with E-state index < -0.39 is 0 Å². The van der Waals surface area contributed by atoms with Gasteiger partial charge in [-0.15, -0.1) is 0 Å². The normalized spacial score (nSPS) is 12.0. The van der Waals surface area contributed by atoms with Crippen LogP contribution < -0.4 is 0 Å². The molecule has 0 saturated heterocycles. The number of benzene rings is 1. The Kier molecular flexibility index (Phi) is 3.37. The molecule has 0 aliphatic heterocycles. The van der Waals surface area contributed by atoms with Gasteiger partial charge in [0.2, 0.25) is 0 Å². The van der Waals surface area contributed by atoms with Crippen molar-refractivity contribution in [3.05, 3.63) is 29.6 Å². The minimum absolute atomic E-state index is 0.0996. The number of hydrogen-bond acceptors (Lipinski definition) is 0. The summed E-state index contributed by atoms with van der Waals surface area (Å²) >= 11 is 0. The number of halogens is 1. The van der Waals surface area contributed by atoms with Crippen molar-refractivity contribution in [2.75, 3.05) is 12.5 Å². The molecule has 74 valence electrons. The molecule has 1 aromatic rings. The van der Waals surface area contributed by atoms with E-state index in [1.54, 1.807) is 12.1 Å². The van der Waals surface area contributed by atoms with E-state index in [1.807, 2.05) is 0 Å². The highest BCUT2D eigenvalue weighted by Crippen LogP contribution is 2.31. The Morgan fingerprint density at radius 1 is 1.15 bits per heavy atom. The summed E-state index contributed by atoms with van der Waals surface area (Å²) in [7, 11) is -0.193. The predicted molar refractivity (Wildman–Crippen MR) is 59.6 cm³/mol. The molecule has 0 atom stereocenters. The highest BCUT2D eigenvalue weighted by molar-refractivity contribution is 8.15. The van der Waals surface area contributed by atoms with Gasteiger partial charge in [0.1, 0.15) is 5.82 Å². The summed E-state index contributed by atoms with van der Waals surface area (Å²) in [6.45, 7) is 4.18. The molecule has 0 nitrogen and oxygen atoms in total. The summed E-state index contributed by atoms with van der Waals surface area (Å²) in [5.74, 6) is 0.307. The molecule has 0 amide bonds. The Hall–Kier alpha value is -0.500. The average Bonchev–Trinajstić information content (AvgIpc) is 2.03. The zero-order valence-electron chi connectivity index (χ0n) is 8.63. The summed E-state index contributed by atoms with van der Waals surface area (Å²) in [5.41, 5.74) is 1.10. The van der Waals surface area contributed by atoms with Gasteiger partial charge in [0, 0.05) is 0 Å². The third-order valence-electron chi connectivity index (χ3n) is 2.09. The summed E-state index contributed by atoms with van der Waals surface area (Å²) in [5, 5.41) is 0. The van der Waals surface area contributed by atoms with Gasteiger partial charge in [-0.05, 0) is 47.1 Å². The van der Waals surface area contributed by atoms with Crippen molar-refractivity contribution in [2.24, 2.45) is 0 Å². The van der Waals surface area contributed by atoms with Gasteiger partial charge in [-0.1, -0.05) is 13.8 Å². The van der Waals surface area contributed by atoms with Crippen molar-refractivity contribution >= 4 is 10.9 Å². The zero-order valence-corrected chi connectivity index (χ0v) is 9.53. The van der Waals surface area contributed by atoms with Crippen LogP contribution >= 0.6 is 10.9 Å². The molecule has 1 rings (SSSR count). The van der Waals surface area contributed by atoms with Gasteiger partial charge in [-0.3, -0.25) is 0 Å². The fourth-order valence-electron chi connectivity index (χ4n) is 1.19. The summed E-state index contributed by atoms with van der Waals surface area (Å²) in [4.78, 5) is 1.15. The molecular formula is C11H17FS. The lowest BCUT2D eigenvalue weighted by Crippen LogP contribution is -1.91. The summed E-state index contributed by atoms with van der Waals surface area (Å²) < 4.78 is 13.2. The highest BCUT2D eigenvalue weighted by atomic mass is 32.2. The van der Waals surface area contributed by atoms with Gasteiger partial charge in [-0.2, -0.15) is 0 Å². The first-order valence-electron chi connectivity index (χ1n) is 4.48. The second-order valence-electron chi connectivity index (χ2n) is 3.79. The average molecular weight is 200 g/mol. The van der Waals surface area contributed by atoms with Crippen molar-refractivity contribution in [3.8, 4) is 0 Å². The molecule has 0 heterocycles. The molecular weight excluding hydrogens is 183 g/mol. The Labute approximate surface area is 82.5 Å². The lowest BCUT2D eigenvalue weighted by Gasteiger charge is -2.13. The maximum absolute atomic E-state index is 13.2.